The van der Waals surface area contributed by atoms with Crippen molar-refractivity contribution >= 4 is 17.7 Å². The van der Waals surface area contributed by atoms with Gasteiger partial charge < -0.3 is 30.1 Å². The summed E-state index contributed by atoms with van der Waals surface area (Å²) >= 11 is 0. The van der Waals surface area contributed by atoms with Crippen LogP contribution in [0.3, 0.4) is 0 Å². The molecule has 0 bridgehead atoms. The summed E-state index contributed by atoms with van der Waals surface area (Å²) in [5.74, 6) is -0.377. The Labute approximate surface area is 246 Å². The molecule has 0 aromatic carbocycles. The number of carbonyl (C=O) groups is 3. The van der Waals surface area contributed by atoms with Crippen LogP contribution in [0, 0.1) is 17.8 Å². The fourth-order valence-electron chi connectivity index (χ4n) is 5.10. The highest BCUT2D eigenvalue weighted by Crippen LogP contribution is 2.21. The Hall–Kier alpha value is -2.07. The number of amides is 1. The van der Waals surface area contributed by atoms with Gasteiger partial charge in [0.15, 0.2) is 6.61 Å². The summed E-state index contributed by atoms with van der Waals surface area (Å²) in [6.45, 7) is 5.82. The number of hydrogen-bond acceptors (Lipinski definition) is 8. The first-order valence-corrected chi connectivity index (χ1v) is 15.4. The third-order valence-electron chi connectivity index (χ3n) is 7.76. The molecule has 0 saturated carbocycles. The number of aliphatic hydroxyl groups excluding tert-OH is 3. The van der Waals surface area contributed by atoms with Crippen molar-refractivity contribution in [1.29, 1.82) is 0 Å². The zero-order chi connectivity index (χ0) is 30.6. The summed E-state index contributed by atoms with van der Waals surface area (Å²) < 4.78 is 10.4. The van der Waals surface area contributed by atoms with Gasteiger partial charge in [-0.05, 0) is 62.4 Å². The molecule has 0 spiro atoms. The van der Waals surface area contributed by atoms with Gasteiger partial charge in [0, 0.05) is 32.9 Å². The molecule has 236 valence electrons. The van der Waals surface area contributed by atoms with Gasteiger partial charge in [-0.2, -0.15) is 0 Å². The van der Waals surface area contributed by atoms with E-state index in [9.17, 15) is 29.7 Å². The van der Waals surface area contributed by atoms with E-state index in [-0.39, 0.29) is 25.3 Å². The lowest BCUT2D eigenvalue weighted by molar-refractivity contribution is -0.152. The van der Waals surface area contributed by atoms with Crippen LogP contribution in [0.2, 0.25) is 0 Å². The van der Waals surface area contributed by atoms with E-state index in [4.69, 9.17) is 9.47 Å². The first kappa shape index (κ1) is 37.0. The van der Waals surface area contributed by atoms with Gasteiger partial charge >= 0.3 is 5.97 Å². The zero-order valence-corrected chi connectivity index (χ0v) is 25.7. The maximum Gasteiger partial charge on any atom is 0.309 e. The van der Waals surface area contributed by atoms with Crippen LogP contribution >= 0.6 is 0 Å². The number of hydrogen-bond donors (Lipinski definition) is 4. The molecular formula is C32H55NO8. The number of Topliss-reactive ketones (excluding diaryl/α,β-unsaturated/α-hetero) is 1. The van der Waals surface area contributed by atoms with Crippen LogP contribution in [0.1, 0.15) is 97.8 Å². The van der Waals surface area contributed by atoms with Crippen LogP contribution in [0.5, 0.6) is 0 Å². The molecule has 1 heterocycles. The SMILES string of the molecule is CC[C@H]1/C=C/C=C(\COC)CC[C@@H](O)[C@@H](O)C[C@H](O)CNC(=O)COC(=O)[C@@H](C)C[C@H](C)CCCCC(=O)CCC1. The smallest absolute Gasteiger partial charge is 0.309 e. The number of ether oxygens (including phenoxy) is 2. The molecule has 41 heavy (non-hydrogen) atoms. The molecule has 0 radical (unpaired) electrons. The average Bonchev–Trinajstić information content (AvgIpc) is 2.93. The lowest BCUT2D eigenvalue weighted by Gasteiger charge is -2.21. The quantitative estimate of drug-likeness (QED) is 0.366. The summed E-state index contributed by atoms with van der Waals surface area (Å²) in [6, 6.07) is 0. The normalized spacial score (nSPS) is 32.5. The number of carbonyl (C=O) groups excluding carboxylic acids is 3. The van der Waals surface area contributed by atoms with Crippen LogP contribution in [0.4, 0.5) is 0 Å². The highest BCUT2D eigenvalue weighted by Gasteiger charge is 2.22. The van der Waals surface area contributed by atoms with Gasteiger partial charge in [-0.25, -0.2) is 0 Å². The summed E-state index contributed by atoms with van der Waals surface area (Å²) in [5, 5.41) is 33.5. The van der Waals surface area contributed by atoms with Gasteiger partial charge in [-0.3, -0.25) is 14.4 Å². The topological polar surface area (TPSA) is 142 Å². The van der Waals surface area contributed by atoms with E-state index in [0.29, 0.717) is 49.9 Å². The maximum absolute atomic E-state index is 12.4. The van der Waals surface area contributed by atoms with Crippen LogP contribution in [0.15, 0.2) is 23.8 Å². The van der Waals surface area contributed by atoms with E-state index in [1.165, 1.54) is 0 Å². The summed E-state index contributed by atoms with van der Waals surface area (Å²) in [6.07, 6.45) is 10.9. The van der Waals surface area contributed by atoms with Gasteiger partial charge in [-0.1, -0.05) is 51.8 Å². The Balaban J connectivity index is 2.83. The number of rotatable bonds is 3. The molecule has 4 N–H and O–H groups in total. The standard InChI is InChI=1S/C32H55NO8/c1-5-25-11-8-13-26(21-40-4)16-17-29(36)30(37)19-28(35)20-33-31(38)22-41-32(39)24(3)18-23(2)10-6-7-14-27(34)15-9-12-25/h8,11,13,23-25,28-30,35-37H,5-7,9-10,12,14-22H2,1-4H3,(H,33,38)/b11-8+,26-13-/t23-,24+,25+,28+,29-,30+/m1/s1. The van der Waals surface area contributed by atoms with E-state index in [2.05, 4.69) is 25.2 Å². The Morgan fingerprint density at radius 3 is 2.39 bits per heavy atom. The molecule has 1 aliphatic heterocycles. The van der Waals surface area contributed by atoms with Crippen LogP contribution in [-0.2, 0) is 23.9 Å². The first-order valence-electron chi connectivity index (χ1n) is 15.4. The first-order chi connectivity index (χ1) is 19.5. The Morgan fingerprint density at radius 1 is 0.951 bits per heavy atom. The number of methoxy groups -OCH3 is 1. The van der Waals surface area contributed by atoms with E-state index < -0.39 is 36.8 Å². The Kier molecular flexibility index (Phi) is 19.5. The van der Waals surface area contributed by atoms with Crippen LogP contribution < -0.4 is 5.32 Å². The third kappa shape index (κ3) is 17.5. The molecule has 0 aromatic rings. The van der Waals surface area contributed by atoms with Crippen molar-refractivity contribution < 1.29 is 39.2 Å². The summed E-state index contributed by atoms with van der Waals surface area (Å²) in [7, 11) is 1.60. The molecule has 1 amide bonds. The average molecular weight is 582 g/mol. The predicted octanol–water partition coefficient (Wildman–Crippen LogP) is 4.03. The van der Waals surface area contributed by atoms with Crippen molar-refractivity contribution in [3.8, 4) is 0 Å². The maximum atomic E-state index is 12.4. The molecule has 0 fully saturated rings. The highest BCUT2D eigenvalue weighted by atomic mass is 16.5. The van der Waals surface area contributed by atoms with Gasteiger partial charge in [0.25, 0.3) is 5.91 Å². The lowest BCUT2D eigenvalue weighted by Crippen LogP contribution is -2.38. The van der Waals surface area contributed by atoms with Crippen molar-refractivity contribution in [2.75, 3.05) is 26.9 Å². The number of esters is 1. The van der Waals surface area contributed by atoms with Gasteiger partial charge in [0.2, 0.25) is 0 Å². The van der Waals surface area contributed by atoms with Gasteiger partial charge in [0.1, 0.15) is 5.78 Å². The Bertz CT molecular complexity index is 827. The van der Waals surface area contributed by atoms with Crippen LogP contribution in [-0.4, -0.2) is 78.2 Å². The molecule has 9 heteroatoms. The highest BCUT2D eigenvalue weighted by molar-refractivity contribution is 5.81. The number of ketones is 1. The number of β-amino-alcohol motifs (C(OH)–C–C–N with tert-alkyl or cyclic N) is 1. The number of allylic oxidation sites excluding steroid dienone is 3. The molecule has 1 aliphatic rings. The van der Waals surface area contributed by atoms with E-state index in [0.717, 1.165) is 44.1 Å². The largest absolute Gasteiger partial charge is 0.455 e. The third-order valence-corrected chi connectivity index (χ3v) is 7.76. The van der Waals surface area contributed by atoms with E-state index in [1.807, 2.05) is 12.2 Å². The second-order valence-electron chi connectivity index (χ2n) is 11.7. The van der Waals surface area contributed by atoms with Gasteiger partial charge in [0.05, 0.1) is 30.8 Å². The number of cyclic esters (lactones) is 1. The zero-order valence-electron chi connectivity index (χ0n) is 25.7. The monoisotopic (exact) mass is 581 g/mol. The number of nitrogens with one attached hydrogen (secondary N) is 1. The molecular weight excluding hydrogens is 526 g/mol. The molecule has 1 rings (SSSR count). The minimum Gasteiger partial charge on any atom is -0.455 e. The van der Waals surface area contributed by atoms with Crippen molar-refractivity contribution in [2.45, 2.75) is 116 Å². The minimum absolute atomic E-state index is 0.111. The van der Waals surface area contributed by atoms with E-state index in [1.54, 1.807) is 14.0 Å². The molecule has 9 nitrogen and oxygen atoms in total. The van der Waals surface area contributed by atoms with Crippen molar-refractivity contribution in [3.05, 3.63) is 23.8 Å². The minimum atomic E-state index is -1.17. The predicted molar refractivity (Wildman–Crippen MR) is 159 cm³/mol. The van der Waals surface area contributed by atoms with E-state index >= 15 is 0 Å². The fourth-order valence-corrected chi connectivity index (χ4v) is 5.10. The molecule has 0 saturated heterocycles. The fraction of sp³-hybridized carbons (Fsp3) is 0.781. The van der Waals surface area contributed by atoms with Crippen LogP contribution in [0.25, 0.3) is 0 Å². The van der Waals surface area contributed by atoms with Crippen molar-refractivity contribution in [1.82, 2.24) is 5.32 Å². The molecule has 0 aliphatic carbocycles. The molecule has 0 unspecified atom stereocenters. The number of aliphatic hydroxyl groups is 3. The molecule has 0 aromatic heterocycles. The Morgan fingerprint density at radius 2 is 1.68 bits per heavy atom. The second kappa shape index (κ2) is 21.6. The molecule has 6 atom stereocenters. The summed E-state index contributed by atoms with van der Waals surface area (Å²) in [4.78, 5) is 36.8. The summed E-state index contributed by atoms with van der Waals surface area (Å²) in [5.41, 5.74) is 0.971. The lowest BCUT2D eigenvalue weighted by atomic mass is 9.92. The van der Waals surface area contributed by atoms with Crippen molar-refractivity contribution in [3.63, 3.8) is 0 Å². The second-order valence-corrected chi connectivity index (χ2v) is 11.7. The van der Waals surface area contributed by atoms with Crippen molar-refractivity contribution in [2.24, 2.45) is 17.8 Å². The van der Waals surface area contributed by atoms with Gasteiger partial charge in [-0.15, -0.1) is 0 Å².